The Kier molecular flexibility index (Phi) is 4.17. The van der Waals surface area contributed by atoms with Gasteiger partial charge in [0.05, 0.1) is 6.54 Å². The first-order valence-electron chi connectivity index (χ1n) is 6.20. The Balaban J connectivity index is 1.75. The molecule has 0 unspecified atom stereocenters. The lowest BCUT2D eigenvalue weighted by Crippen LogP contribution is -2.37. The maximum atomic E-state index is 5.65. The minimum absolute atomic E-state index is 0.168. The molecule has 3 nitrogen and oxygen atoms in total. The van der Waals surface area contributed by atoms with Gasteiger partial charge in [-0.15, -0.1) is 0 Å². The molecule has 0 bridgehead atoms. The second-order valence-corrected chi connectivity index (χ2v) is 6.11. The van der Waals surface area contributed by atoms with Crippen LogP contribution in [-0.4, -0.2) is 29.6 Å². The summed E-state index contributed by atoms with van der Waals surface area (Å²) in [6.45, 7) is 7.75. The molecule has 1 aromatic rings. The molecule has 0 aromatic heterocycles. The molecule has 1 aromatic carbocycles. The Hall–Kier alpha value is -1.16. The number of rotatable bonds is 4. The van der Waals surface area contributed by atoms with E-state index in [9.17, 15) is 0 Å². The fourth-order valence-electron chi connectivity index (χ4n) is 1.71. The lowest BCUT2D eigenvalue weighted by molar-refractivity contribution is 0.328. The molecule has 1 aliphatic rings. The zero-order valence-electron chi connectivity index (χ0n) is 11.2. The molecule has 0 aliphatic carbocycles. The van der Waals surface area contributed by atoms with Crippen LogP contribution >= 0.6 is 11.8 Å². The maximum Gasteiger partial charge on any atom is 0.157 e. The molecule has 1 heterocycles. The number of amidine groups is 1. The fourth-order valence-corrected chi connectivity index (χ4v) is 2.81. The molecule has 98 valence electrons. The number of aryl methyl sites for hydroxylation is 1. The molecule has 18 heavy (non-hydrogen) atoms. The number of nitrogens with one attached hydrogen (secondary N) is 1. The summed E-state index contributed by atoms with van der Waals surface area (Å²) in [7, 11) is 0. The van der Waals surface area contributed by atoms with Crippen LogP contribution < -0.4 is 10.1 Å². The summed E-state index contributed by atoms with van der Waals surface area (Å²) in [5.74, 6) is 1.99. The van der Waals surface area contributed by atoms with Gasteiger partial charge in [0.15, 0.2) is 5.17 Å². The van der Waals surface area contributed by atoms with E-state index in [1.807, 2.05) is 18.2 Å². The molecule has 1 fully saturated rings. The topological polar surface area (TPSA) is 33.6 Å². The average Bonchev–Trinajstić information content (AvgIpc) is 2.65. The van der Waals surface area contributed by atoms with Crippen molar-refractivity contribution in [3.8, 4) is 5.75 Å². The minimum Gasteiger partial charge on any atom is -0.492 e. The van der Waals surface area contributed by atoms with E-state index in [2.05, 4.69) is 37.1 Å². The highest BCUT2D eigenvalue weighted by atomic mass is 32.2. The summed E-state index contributed by atoms with van der Waals surface area (Å²) in [6.07, 6.45) is 0. The van der Waals surface area contributed by atoms with E-state index in [1.54, 1.807) is 11.8 Å². The van der Waals surface area contributed by atoms with E-state index in [1.165, 1.54) is 5.56 Å². The third kappa shape index (κ3) is 3.95. The zero-order chi connectivity index (χ0) is 13.0. The van der Waals surface area contributed by atoms with Crippen molar-refractivity contribution in [3.05, 3.63) is 29.8 Å². The molecular formula is C14H20N2OS. The predicted octanol–water partition coefficient (Wildman–Crippen LogP) is 2.84. The van der Waals surface area contributed by atoms with Gasteiger partial charge < -0.3 is 10.1 Å². The van der Waals surface area contributed by atoms with Crippen LogP contribution in [0.2, 0.25) is 0 Å². The summed E-state index contributed by atoms with van der Waals surface area (Å²) in [5.41, 5.74) is 1.38. The monoisotopic (exact) mass is 264 g/mol. The Morgan fingerprint density at radius 3 is 2.94 bits per heavy atom. The van der Waals surface area contributed by atoms with E-state index in [4.69, 9.17) is 4.74 Å². The van der Waals surface area contributed by atoms with Crippen molar-refractivity contribution in [1.82, 2.24) is 5.32 Å². The molecule has 1 aliphatic heterocycles. The number of benzene rings is 1. The van der Waals surface area contributed by atoms with Crippen molar-refractivity contribution in [2.45, 2.75) is 26.3 Å². The van der Waals surface area contributed by atoms with Gasteiger partial charge in [0.25, 0.3) is 0 Å². The van der Waals surface area contributed by atoms with E-state index in [-0.39, 0.29) is 5.54 Å². The lowest BCUT2D eigenvalue weighted by atomic mass is 10.1. The number of aliphatic imine (C=N–C) groups is 1. The van der Waals surface area contributed by atoms with Crippen LogP contribution in [0.25, 0.3) is 0 Å². The van der Waals surface area contributed by atoms with Crippen LogP contribution in [0.15, 0.2) is 29.3 Å². The van der Waals surface area contributed by atoms with Crippen LogP contribution in [0.5, 0.6) is 5.75 Å². The maximum absolute atomic E-state index is 5.65. The van der Waals surface area contributed by atoms with Crippen molar-refractivity contribution in [2.24, 2.45) is 4.99 Å². The molecule has 0 spiro atoms. The van der Waals surface area contributed by atoms with Gasteiger partial charge in [0.2, 0.25) is 0 Å². The Labute approximate surface area is 113 Å². The van der Waals surface area contributed by atoms with Gasteiger partial charge in [0, 0.05) is 11.3 Å². The molecule has 1 saturated heterocycles. The van der Waals surface area contributed by atoms with Crippen molar-refractivity contribution in [2.75, 3.05) is 18.9 Å². The van der Waals surface area contributed by atoms with E-state index < -0.39 is 0 Å². The summed E-state index contributed by atoms with van der Waals surface area (Å²) in [4.78, 5) is 4.50. The van der Waals surface area contributed by atoms with Gasteiger partial charge in [-0.25, -0.2) is 0 Å². The highest BCUT2D eigenvalue weighted by Gasteiger charge is 2.26. The van der Waals surface area contributed by atoms with Gasteiger partial charge >= 0.3 is 0 Å². The van der Waals surface area contributed by atoms with Crippen molar-refractivity contribution in [1.29, 1.82) is 0 Å². The summed E-state index contributed by atoms with van der Waals surface area (Å²) in [5, 5.41) is 4.43. The average molecular weight is 264 g/mol. The van der Waals surface area contributed by atoms with Crippen molar-refractivity contribution < 1.29 is 4.74 Å². The van der Waals surface area contributed by atoms with Gasteiger partial charge in [-0.2, -0.15) is 0 Å². The zero-order valence-corrected chi connectivity index (χ0v) is 12.0. The molecule has 0 saturated carbocycles. The molecule has 2 rings (SSSR count). The fraction of sp³-hybridized carbons (Fsp3) is 0.500. The van der Waals surface area contributed by atoms with Gasteiger partial charge in [-0.05, 0) is 38.5 Å². The van der Waals surface area contributed by atoms with Gasteiger partial charge in [0.1, 0.15) is 12.4 Å². The van der Waals surface area contributed by atoms with E-state index >= 15 is 0 Å². The first kappa shape index (κ1) is 13.3. The Morgan fingerprint density at radius 2 is 2.28 bits per heavy atom. The largest absolute Gasteiger partial charge is 0.492 e. The lowest BCUT2D eigenvalue weighted by Gasteiger charge is -2.15. The normalized spacial score (nSPS) is 19.8. The Morgan fingerprint density at radius 1 is 1.44 bits per heavy atom. The number of thioether (sulfide) groups is 1. The smallest absolute Gasteiger partial charge is 0.157 e. The second-order valence-electron chi connectivity index (χ2n) is 5.15. The molecule has 0 amide bonds. The Bertz CT molecular complexity index is 443. The van der Waals surface area contributed by atoms with Gasteiger partial charge in [-0.3, -0.25) is 4.99 Å². The standard InChI is InChI=1S/C14H20N2OS/c1-11-5-4-6-12(9-11)17-8-7-15-13-16-14(2,3)10-18-13/h4-6,9H,7-8,10H2,1-3H3,(H,15,16). The quantitative estimate of drug-likeness (QED) is 0.849. The predicted molar refractivity (Wildman–Crippen MR) is 78.6 cm³/mol. The number of hydrogen-bond donors (Lipinski definition) is 1. The highest BCUT2D eigenvalue weighted by Crippen LogP contribution is 2.21. The number of ether oxygens (including phenoxy) is 1. The van der Waals surface area contributed by atoms with Gasteiger partial charge in [-0.1, -0.05) is 23.9 Å². The first-order valence-corrected chi connectivity index (χ1v) is 7.19. The third-order valence-corrected chi connectivity index (χ3v) is 3.99. The summed E-state index contributed by atoms with van der Waals surface area (Å²) < 4.78 is 5.65. The van der Waals surface area contributed by atoms with Crippen molar-refractivity contribution >= 4 is 16.9 Å². The third-order valence-electron chi connectivity index (χ3n) is 2.62. The molecule has 1 N–H and O–H groups in total. The van der Waals surface area contributed by atoms with Crippen LogP contribution in [0.3, 0.4) is 0 Å². The van der Waals surface area contributed by atoms with Crippen molar-refractivity contribution in [3.63, 3.8) is 0 Å². The molecule has 4 heteroatoms. The SMILES string of the molecule is Cc1cccc(OCCN=C2NC(C)(C)CS2)c1. The number of nitrogens with zero attached hydrogens (tertiary/aromatic N) is 1. The summed E-state index contributed by atoms with van der Waals surface area (Å²) in [6, 6.07) is 8.09. The van der Waals surface area contributed by atoms with Crippen LogP contribution in [-0.2, 0) is 0 Å². The number of hydrogen-bond acceptors (Lipinski definition) is 3. The van der Waals surface area contributed by atoms with Crippen LogP contribution in [0, 0.1) is 6.92 Å². The van der Waals surface area contributed by atoms with Crippen LogP contribution in [0.1, 0.15) is 19.4 Å². The first-order chi connectivity index (χ1) is 8.55. The second kappa shape index (κ2) is 5.65. The molecule has 0 radical (unpaired) electrons. The van der Waals surface area contributed by atoms with E-state index in [0.717, 1.165) is 16.7 Å². The van der Waals surface area contributed by atoms with E-state index in [0.29, 0.717) is 13.2 Å². The molecule has 0 atom stereocenters. The summed E-state index contributed by atoms with van der Waals surface area (Å²) >= 11 is 1.78. The molecular weight excluding hydrogens is 244 g/mol. The highest BCUT2D eigenvalue weighted by molar-refractivity contribution is 8.14. The minimum atomic E-state index is 0.168. The van der Waals surface area contributed by atoms with Crippen LogP contribution in [0.4, 0.5) is 0 Å².